The lowest BCUT2D eigenvalue weighted by atomic mass is 9.91. The van der Waals surface area contributed by atoms with Crippen LogP contribution in [0.25, 0.3) is 88.3 Å². The van der Waals surface area contributed by atoms with Crippen molar-refractivity contribution in [1.82, 2.24) is 0 Å². The van der Waals surface area contributed by atoms with E-state index < -0.39 is 0 Å². The largest absolute Gasteiger partial charge is 0.455 e. The minimum atomic E-state index is 0.883. The summed E-state index contributed by atoms with van der Waals surface area (Å²) in [4.78, 5) is 2.34. The summed E-state index contributed by atoms with van der Waals surface area (Å²) in [7, 11) is 0. The molecule has 10 aromatic carbocycles. The molecule has 0 spiro atoms. The van der Waals surface area contributed by atoms with Crippen LogP contribution in [0.15, 0.2) is 241 Å². The van der Waals surface area contributed by atoms with E-state index in [2.05, 4.69) is 241 Å². The van der Waals surface area contributed by atoms with E-state index in [1.54, 1.807) is 0 Å². The third-order valence-electron chi connectivity index (χ3n) is 11.7. The predicted molar refractivity (Wildman–Crippen MR) is 253 cm³/mol. The first kappa shape index (κ1) is 35.2. The first-order valence-corrected chi connectivity index (χ1v) is 20.5. The van der Waals surface area contributed by atoms with Gasteiger partial charge in [-0.3, -0.25) is 0 Å². The van der Waals surface area contributed by atoms with E-state index >= 15 is 0 Å². The molecule has 0 unspecified atom stereocenters. The minimum Gasteiger partial charge on any atom is -0.455 e. The Morgan fingerprint density at radius 1 is 0.250 bits per heavy atom. The summed E-state index contributed by atoms with van der Waals surface area (Å²) in [6.45, 7) is 0. The zero-order valence-electron chi connectivity index (χ0n) is 32.9. The average Bonchev–Trinajstić information content (AvgIpc) is 3.70. The fraction of sp³-hybridized carbons (Fsp3) is 0. The number of rotatable bonds is 8. The molecule has 0 aliphatic rings. The Bertz CT molecular complexity index is 3160. The Balaban J connectivity index is 1.04. The van der Waals surface area contributed by atoms with Crippen molar-refractivity contribution in [3.63, 3.8) is 0 Å². The molecule has 0 bridgehead atoms. The number of hydrogen-bond acceptors (Lipinski definition) is 2. The summed E-state index contributed by atoms with van der Waals surface area (Å²) in [5, 5.41) is 4.48. The van der Waals surface area contributed by atoms with Crippen molar-refractivity contribution < 1.29 is 4.42 Å². The lowest BCUT2D eigenvalue weighted by Gasteiger charge is -2.26. The molecule has 0 aliphatic heterocycles. The van der Waals surface area contributed by atoms with E-state index in [4.69, 9.17) is 4.42 Å². The van der Waals surface area contributed by atoms with Crippen LogP contribution in [0.4, 0.5) is 17.1 Å². The first-order chi connectivity index (χ1) is 29.7. The van der Waals surface area contributed by atoms with Gasteiger partial charge in [0, 0.05) is 33.2 Å². The smallest absolute Gasteiger partial charge is 0.143 e. The van der Waals surface area contributed by atoms with Crippen molar-refractivity contribution in [3.05, 3.63) is 237 Å². The highest BCUT2D eigenvalue weighted by Gasteiger charge is 2.19. The highest BCUT2D eigenvalue weighted by atomic mass is 16.3. The maximum absolute atomic E-state index is 6.82. The Kier molecular flexibility index (Phi) is 8.87. The number of benzene rings is 10. The van der Waals surface area contributed by atoms with Gasteiger partial charge in [0.2, 0.25) is 0 Å². The molecule has 0 saturated carbocycles. The first-order valence-electron chi connectivity index (χ1n) is 20.5. The Hall–Kier alpha value is -7.94. The number of furan rings is 1. The van der Waals surface area contributed by atoms with Gasteiger partial charge in [-0.25, -0.2) is 0 Å². The SMILES string of the molecule is c1ccc(-c2ccc(N(c3ccc(-c4ccccc4)cc3)c3ccc(-c4cc5c6cc(-c7ccccc7)c(-c7ccccc7)cc6oc5c5ccccc45)cc3)cc2)cc1. The summed E-state index contributed by atoms with van der Waals surface area (Å²) < 4.78 is 6.82. The molecule has 0 saturated heterocycles. The lowest BCUT2D eigenvalue weighted by molar-refractivity contribution is 0.673. The molecule has 2 heteroatoms. The monoisotopic (exact) mass is 765 g/mol. The topological polar surface area (TPSA) is 16.4 Å². The van der Waals surface area contributed by atoms with E-state index in [0.29, 0.717) is 0 Å². The van der Waals surface area contributed by atoms with Gasteiger partial charge in [-0.05, 0) is 116 Å². The fourth-order valence-corrected chi connectivity index (χ4v) is 8.70. The molecule has 0 atom stereocenters. The second kappa shape index (κ2) is 15.1. The molecular formula is C58H39NO. The second-order valence-corrected chi connectivity index (χ2v) is 15.3. The fourth-order valence-electron chi connectivity index (χ4n) is 8.70. The van der Waals surface area contributed by atoms with Gasteiger partial charge in [0.1, 0.15) is 11.2 Å². The van der Waals surface area contributed by atoms with Gasteiger partial charge in [0.15, 0.2) is 0 Å². The standard InChI is InChI=1S/C58H39NO/c1-5-15-40(16-6-1)42-25-31-47(32-26-42)59(48-33-27-43(28-34-48)41-17-7-2-8-18-41)49-35-29-46(30-36-49)52-38-56-55-37-53(44-19-9-3-10-20-44)54(45-21-11-4-12-22-45)39-57(55)60-58(56)51-24-14-13-23-50(51)52/h1-39H. The van der Waals surface area contributed by atoms with Crippen LogP contribution in [-0.4, -0.2) is 0 Å². The molecule has 0 N–H and O–H groups in total. The maximum atomic E-state index is 6.82. The van der Waals surface area contributed by atoms with Gasteiger partial charge < -0.3 is 9.32 Å². The zero-order chi connectivity index (χ0) is 39.8. The van der Waals surface area contributed by atoms with Crippen LogP contribution in [0.3, 0.4) is 0 Å². The molecular weight excluding hydrogens is 727 g/mol. The maximum Gasteiger partial charge on any atom is 0.143 e. The van der Waals surface area contributed by atoms with E-state index in [-0.39, 0.29) is 0 Å². The van der Waals surface area contributed by atoms with Gasteiger partial charge >= 0.3 is 0 Å². The third kappa shape index (κ3) is 6.41. The molecule has 60 heavy (non-hydrogen) atoms. The van der Waals surface area contributed by atoms with Crippen molar-refractivity contribution in [3.8, 4) is 55.6 Å². The van der Waals surface area contributed by atoms with E-state index in [0.717, 1.165) is 66.5 Å². The Morgan fingerprint density at radius 3 is 1.08 bits per heavy atom. The molecule has 1 heterocycles. The predicted octanol–water partition coefficient (Wildman–Crippen LogP) is 16.5. The van der Waals surface area contributed by atoms with Gasteiger partial charge in [0.25, 0.3) is 0 Å². The number of anilines is 3. The van der Waals surface area contributed by atoms with Crippen LogP contribution in [0.5, 0.6) is 0 Å². The molecule has 1 aromatic heterocycles. The highest BCUT2D eigenvalue weighted by Crippen LogP contribution is 2.45. The van der Waals surface area contributed by atoms with Crippen LogP contribution < -0.4 is 4.90 Å². The second-order valence-electron chi connectivity index (χ2n) is 15.3. The van der Waals surface area contributed by atoms with Gasteiger partial charge in [0.05, 0.1) is 0 Å². The molecule has 11 aromatic rings. The van der Waals surface area contributed by atoms with Gasteiger partial charge in [-0.15, -0.1) is 0 Å². The lowest BCUT2D eigenvalue weighted by Crippen LogP contribution is -2.09. The highest BCUT2D eigenvalue weighted by molar-refractivity contribution is 6.20. The summed E-state index contributed by atoms with van der Waals surface area (Å²) in [6.07, 6.45) is 0. The van der Waals surface area contributed by atoms with Crippen LogP contribution in [0.2, 0.25) is 0 Å². The van der Waals surface area contributed by atoms with Crippen molar-refractivity contribution in [2.24, 2.45) is 0 Å². The quantitative estimate of drug-likeness (QED) is 0.153. The third-order valence-corrected chi connectivity index (χ3v) is 11.7. The van der Waals surface area contributed by atoms with E-state index in [9.17, 15) is 0 Å². The molecule has 0 amide bonds. The molecule has 0 radical (unpaired) electrons. The molecule has 11 rings (SSSR count). The number of fused-ring (bicyclic) bond motifs is 5. The van der Waals surface area contributed by atoms with Gasteiger partial charge in [-0.2, -0.15) is 0 Å². The summed E-state index contributed by atoms with van der Waals surface area (Å²) in [6, 6.07) is 84.7. The Morgan fingerprint density at radius 2 is 0.600 bits per heavy atom. The molecule has 0 aliphatic carbocycles. The van der Waals surface area contributed by atoms with Crippen molar-refractivity contribution in [2.45, 2.75) is 0 Å². The summed E-state index contributed by atoms with van der Waals surface area (Å²) in [5.41, 5.74) is 16.9. The average molecular weight is 766 g/mol. The Labute approximate surface area is 349 Å². The molecule has 0 fully saturated rings. The number of nitrogens with zero attached hydrogens (tertiary/aromatic N) is 1. The van der Waals surface area contributed by atoms with Crippen LogP contribution in [0, 0.1) is 0 Å². The van der Waals surface area contributed by atoms with E-state index in [1.165, 1.54) is 38.9 Å². The van der Waals surface area contributed by atoms with Crippen molar-refractivity contribution in [1.29, 1.82) is 0 Å². The van der Waals surface area contributed by atoms with Crippen molar-refractivity contribution >= 4 is 49.8 Å². The molecule has 282 valence electrons. The van der Waals surface area contributed by atoms with Crippen molar-refractivity contribution in [2.75, 3.05) is 4.90 Å². The summed E-state index contributed by atoms with van der Waals surface area (Å²) in [5.74, 6) is 0. The summed E-state index contributed by atoms with van der Waals surface area (Å²) >= 11 is 0. The number of hydrogen-bond donors (Lipinski definition) is 0. The van der Waals surface area contributed by atoms with Gasteiger partial charge in [-0.1, -0.05) is 182 Å². The normalized spacial score (nSPS) is 11.3. The van der Waals surface area contributed by atoms with Crippen LogP contribution in [-0.2, 0) is 0 Å². The van der Waals surface area contributed by atoms with Crippen LogP contribution in [0.1, 0.15) is 0 Å². The van der Waals surface area contributed by atoms with Crippen LogP contribution >= 0.6 is 0 Å². The minimum absolute atomic E-state index is 0.883. The zero-order valence-corrected chi connectivity index (χ0v) is 32.9. The van der Waals surface area contributed by atoms with E-state index in [1.807, 2.05) is 0 Å². The molecule has 2 nitrogen and oxygen atoms in total.